The Kier molecular flexibility index (Phi) is 3.71. The number of nitrogens with zero attached hydrogens (tertiary/aromatic N) is 4. The number of hydrogen-bond acceptors (Lipinski definition) is 4. The van der Waals surface area contributed by atoms with E-state index in [4.69, 9.17) is 0 Å². The first kappa shape index (κ1) is 12.8. The van der Waals surface area contributed by atoms with E-state index in [1.807, 2.05) is 0 Å². The Morgan fingerprint density at radius 1 is 1.35 bits per heavy atom. The van der Waals surface area contributed by atoms with Gasteiger partial charge in [0, 0.05) is 18.3 Å². The van der Waals surface area contributed by atoms with Gasteiger partial charge in [0.15, 0.2) is 0 Å². The van der Waals surface area contributed by atoms with Crippen molar-refractivity contribution in [3.8, 4) is 0 Å². The van der Waals surface area contributed by atoms with Crippen LogP contribution in [0.25, 0.3) is 0 Å². The summed E-state index contributed by atoms with van der Waals surface area (Å²) in [6.45, 7) is 0.532. The zero-order valence-corrected chi connectivity index (χ0v) is 11.2. The Bertz CT molecular complexity index is 594. The maximum absolute atomic E-state index is 11.9. The molecule has 1 amide bonds. The summed E-state index contributed by atoms with van der Waals surface area (Å²) in [5, 5.41) is 10.4. The molecule has 0 atom stereocenters. The van der Waals surface area contributed by atoms with Gasteiger partial charge >= 0.3 is 0 Å². The molecule has 1 aliphatic rings. The molecule has 6 heteroatoms. The molecule has 0 aromatic carbocycles. The first-order chi connectivity index (χ1) is 9.81. The molecule has 2 aromatic rings. The largest absolute Gasteiger partial charge is 0.325 e. The average Bonchev–Trinajstić information content (AvgIpc) is 2.98. The van der Waals surface area contributed by atoms with Crippen LogP contribution in [-0.2, 0) is 24.2 Å². The van der Waals surface area contributed by atoms with E-state index in [2.05, 4.69) is 26.7 Å². The highest BCUT2D eigenvalue weighted by molar-refractivity contribution is 5.90. The molecule has 0 fully saturated rings. The Balaban J connectivity index is 1.58. The monoisotopic (exact) mass is 271 g/mol. The van der Waals surface area contributed by atoms with Gasteiger partial charge in [-0.2, -0.15) is 0 Å². The standard InChI is InChI=1S/C14H17N5O/c20-14(5-7-19-8-6-16-18-19)17-12-9-11-3-1-2-4-13(11)15-10-12/h6,8-10H,1-5,7H2,(H,17,20). The number of aryl methyl sites for hydroxylation is 3. The number of amides is 1. The van der Waals surface area contributed by atoms with Gasteiger partial charge in [0.05, 0.1) is 24.6 Å². The van der Waals surface area contributed by atoms with Gasteiger partial charge < -0.3 is 5.32 Å². The van der Waals surface area contributed by atoms with Gasteiger partial charge in [-0.3, -0.25) is 14.5 Å². The van der Waals surface area contributed by atoms with Crippen molar-refractivity contribution >= 4 is 11.6 Å². The lowest BCUT2D eigenvalue weighted by atomic mass is 9.96. The third-order valence-electron chi connectivity index (χ3n) is 3.49. The molecule has 0 saturated carbocycles. The van der Waals surface area contributed by atoms with E-state index in [0.29, 0.717) is 13.0 Å². The fourth-order valence-corrected chi connectivity index (χ4v) is 2.45. The minimum atomic E-state index is -0.0296. The smallest absolute Gasteiger partial charge is 0.226 e. The van der Waals surface area contributed by atoms with E-state index in [0.717, 1.165) is 18.5 Å². The van der Waals surface area contributed by atoms with Crippen LogP contribution in [0.15, 0.2) is 24.7 Å². The van der Waals surface area contributed by atoms with Crippen molar-refractivity contribution in [3.63, 3.8) is 0 Å². The Hall–Kier alpha value is -2.24. The van der Waals surface area contributed by atoms with Gasteiger partial charge in [0.25, 0.3) is 0 Å². The Morgan fingerprint density at radius 3 is 3.10 bits per heavy atom. The van der Waals surface area contributed by atoms with E-state index >= 15 is 0 Å². The number of aromatic nitrogens is 4. The van der Waals surface area contributed by atoms with E-state index in [9.17, 15) is 4.79 Å². The Labute approximate surface area is 117 Å². The molecule has 0 unspecified atom stereocenters. The fraction of sp³-hybridized carbons (Fsp3) is 0.429. The summed E-state index contributed by atoms with van der Waals surface area (Å²) in [6.07, 6.45) is 10.00. The topological polar surface area (TPSA) is 72.7 Å². The van der Waals surface area contributed by atoms with Crippen molar-refractivity contribution in [2.45, 2.75) is 38.6 Å². The van der Waals surface area contributed by atoms with Crippen molar-refractivity contribution in [1.82, 2.24) is 20.0 Å². The zero-order valence-electron chi connectivity index (χ0n) is 11.2. The summed E-state index contributed by atoms with van der Waals surface area (Å²) >= 11 is 0. The van der Waals surface area contributed by atoms with E-state index in [1.54, 1.807) is 23.3 Å². The van der Waals surface area contributed by atoms with Crippen LogP contribution < -0.4 is 5.32 Å². The maximum Gasteiger partial charge on any atom is 0.226 e. The normalized spacial score (nSPS) is 13.8. The van der Waals surface area contributed by atoms with E-state index in [1.165, 1.54) is 24.1 Å². The predicted octanol–water partition coefficient (Wildman–Crippen LogP) is 1.58. The molecule has 2 aromatic heterocycles. The highest BCUT2D eigenvalue weighted by atomic mass is 16.1. The zero-order chi connectivity index (χ0) is 13.8. The Morgan fingerprint density at radius 2 is 2.25 bits per heavy atom. The summed E-state index contributed by atoms with van der Waals surface area (Å²) in [7, 11) is 0. The molecule has 104 valence electrons. The van der Waals surface area contributed by atoms with Crippen LogP contribution in [0.1, 0.15) is 30.5 Å². The molecular formula is C14H17N5O. The molecule has 6 nitrogen and oxygen atoms in total. The van der Waals surface area contributed by atoms with Gasteiger partial charge in [-0.15, -0.1) is 5.10 Å². The quantitative estimate of drug-likeness (QED) is 0.916. The molecule has 2 heterocycles. The number of nitrogens with one attached hydrogen (secondary N) is 1. The van der Waals surface area contributed by atoms with Gasteiger partial charge in [-0.1, -0.05) is 5.21 Å². The number of pyridine rings is 1. The molecule has 1 aliphatic carbocycles. The van der Waals surface area contributed by atoms with Crippen molar-refractivity contribution in [3.05, 3.63) is 35.9 Å². The summed E-state index contributed by atoms with van der Waals surface area (Å²) in [6, 6.07) is 2.05. The first-order valence-electron chi connectivity index (χ1n) is 6.93. The molecular weight excluding hydrogens is 254 g/mol. The summed E-state index contributed by atoms with van der Waals surface area (Å²) in [5.41, 5.74) is 3.23. The van der Waals surface area contributed by atoms with E-state index < -0.39 is 0 Å². The molecule has 0 spiro atoms. The van der Waals surface area contributed by atoms with Crippen LogP contribution in [0.5, 0.6) is 0 Å². The predicted molar refractivity (Wildman–Crippen MR) is 74.1 cm³/mol. The number of fused-ring (bicyclic) bond motifs is 1. The number of carbonyl (C=O) groups is 1. The van der Waals surface area contributed by atoms with Crippen LogP contribution in [0, 0.1) is 0 Å². The van der Waals surface area contributed by atoms with Crippen LogP contribution >= 0.6 is 0 Å². The maximum atomic E-state index is 11.9. The SMILES string of the molecule is O=C(CCn1ccnn1)Nc1cnc2c(c1)CCCC2. The highest BCUT2D eigenvalue weighted by Crippen LogP contribution is 2.21. The minimum absolute atomic E-state index is 0.0296. The number of hydrogen-bond donors (Lipinski definition) is 1. The van der Waals surface area contributed by atoms with Crippen LogP contribution in [0.2, 0.25) is 0 Å². The van der Waals surface area contributed by atoms with Crippen LogP contribution in [0.3, 0.4) is 0 Å². The van der Waals surface area contributed by atoms with Crippen LogP contribution in [-0.4, -0.2) is 25.9 Å². The summed E-state index contributed by atoms with van der Waals surface area (Å²) < 4.78 is 1.64. The van der Waals surface area contributed by atoms with Crippen molar-refractivity contribution in [2.24, 2.45) is 0 Å². The molecule has 20 heavy (non-hydrogen) atoms. The lowest BCUT2D eigenvalue weighted by Crippen LogP contribution is -2.16. The van der Waals surface area contributed by atoms with Crippen molar-refractivity contribution in [1.29, 1.82) is 0 Å². The van der Waals surface area contributed by atoms with Crippen molar-refractivity contribution < 1.29 is 4.79 Å². The van der Waals surface area contributed by atoms with Gasteiger partial charge in [-0.05, 0) is 37.3 Å². The molecule has 1 N–H and O–H groups in total. The molecule has 0 radical (unpaired) electrons. The number of carbonyl (C=O) groups excluding carboxylic acids is 1. The molecule has 0 aliphatic heterocycles. The third kappa shape index (κ3) is 3.01. The van der Waals surface area contributed by atoms with Gasteiger partial charge in [0.2, 0.25) is 5.91 Å². The lowest BCUT2D eigenvalue weighted by molar-refractivity contribution is -0.116. The third-order valence-corrected chi connectivity index (χ3v) is 3.49. The first-order valence-corrected chi connectivity index (χ1v) is 6.93. The van der Waals surface area contributed by atoms with Crippen LogP contribution in [0.4, 0.5) is 5.69 Å². The second-order valence-electron chi connectivity index (χ2n) is 5.00. The lowest BCUT2D eigenvalue weighted by Gasteiger charge is -2.15. The van der Waals surface area contributed by atoms with Crippen molar-refractivity contribution in [2.75, 3.05) is 5.32 Å². The molecule has 0 bridgehead atoms. The molecule has 0 saturated heterocycles. The van der Waals surface area contributed by atoms with E-state index in [-0.39, 0.29) is 5.91 Å². The average molecular weight is 271 g/mol. The van der Waals surface area contributed by atoms with Gasteiger partial charge in [-0.25, -0.2) is 0 Å². The second-order valence-corrected chi connectivity index (χ2v) is 5.00. The second kappa shape index (κ2) is 5.81. The number of anilines is 1. The molecule has 3 rings (SSSR count). The van der Waals surface area contributed by atoms with Gasteiger partial charge in [0.1, 0.15) is 0 Å². The fourth-order valence-electron chi connectivity index (χ4n) is 2.45. The summed E-state index contributed by atoms with van der Waals surface area (Å²) in [5.74, 6) is -0.0296. The number of rotatable bonds is 4. The highest BCUT2D eigenvalue weighted by Gasteiger charge is 2.12. The summed E-state index contributed by atoms with van der Waals surface area (Å²) in [4.78, 5) is 16.3. The minimum Gasteiger partial charge on any atom is -0.325 e.